The van der Waals surface area contributed by atoms with Crippen LogP contribution in [0.3, 0.4) is 0 Å². The maximum atomic E-state index is 8.77. The number of benzene rings is 1. The zero-order valence-electron chi connectivity index (χ0n) is 7.70. The van der Waals surface area contributed by atoms with Crippen LogP contribution in [0.5, 0.6) is 0 Å². The molecule has 0 spiro atoms. The third-order valence-corrected chi connectivity index (χ3v) is 1.80. The summed E-state index contributed by atoms with van der Waals surface area (Å²) in [6.07, 6.45) is 0. The molecule has 0 saturated heterocycles. The first-order chi connectivity index (χ1) is 7.33. The molecule has 2 aromatic rings. The largest absolute Gasteiger partial charge is 0.388 e. The highest BCUT2D eigenvalue weighted by Crippen LogP contribution is 2.07. The number of hydrogen-bond acceptors (Lipinski definition) is 5. The highest BCUT2D eigenvalue weighted by atomic mass is 16.3. The molecular formula is C9H7N5O. The van der Waals surface area contributed by atoms with Crippen molar-refractivity contribution < 1.29 is 5.11 Å². The SMILES string of the molecule is N#Cc1cccc(-n2nnc(CO)n2)c1. The first-order valence-electron chi connectivity index (χ1n) is 4.24. The Kier molecular flexibility index (Phi) is 2.39. The third-order valence-electron chi connectivity index (χ3n) is 1.80. The normalized spacial score (nSPS) is 9.87. The van der Waals surface area contributed by atoms with Gasteiger partial charge in [-0.2, -0.15) is 5.26 Å². The van der Waals surface area contributed by atoms with Crippen molar-refractivity contribution in [1.29, 1.82) is 5.26 Å². The fraction of sp³-hybridized carbons (Fsp3) is 0.111. The molecule has 0 fully saturated rings. The first kappa shape index (κ1) is 9.30. The van der Waals surface area contributed by atoms with Crippen molar-refractivity contribution in [1.82, 2.24) is 20.2 Å². The molecule has 0 aliphatic rings. The van der Waals surface area contributed by atoms with Crippen molar-refractivity contribution in [2.24, 2.45) is 0 Å². The van der Waals surface area contributed by atoms with Gasteiger partial charge in [0.05, 0.1) is 17.3 Å². The minimum absolute atomic E-state index is 0.248. The van der Waals surface area contributed by atoms with Crippen molar-refractivity contribution in [3.8, 4) is 11.8 Å². The lowest BCUT2D eigenvalue weighted by Gasteiger charge is -1.97. The fourth-order valence-electron chi connectivity index (χ4n) is 1.12. The predicted molar refractivity (Wildman–Crippen MR) is 49.8 cm³/mol. The molecule has 0 saturated carbocycles. The van der Waals surface area contributed by atoms with Crippen LogP contribution in [0.15, 0.2) is 24.3 Å². The van der Waals surface area contributed by atoms with Gasteiger partial charge in [0.2, 0.25) is 5.82 Å². The number of rotatable bonds is 2. The fourth-order valence-corrected chi connectivity index (χ4v) is 1.12. The van der Waals surface area contributed by atoms with Crippen LogP contribution in [0.2, 0.25) is 0 Å². The molecule has 0 bridgehead atoms. The summed E-state index contributed by atoms with van der Waals surface area (Å²) in [6, 6.07) is 8.83. The number of aromatic nitrogens is 4. The lowest BCUT2D eigenvalue weighted by molar-refractivity contribution is 0.271. The molecule has 0 unspecified atom stereocenters. The third kappa shape index (κ3) is 1.82. The summed E-state index contributed by atoms with van der Waals surface area (Å²) in [5, 5.41) is 28.7. The van der Waals surface area contributed by atoms with Gasteiger partial charge in [-0.25, -0.2) is 0 Å². The summed E-state index contributed by atoms with van der Waals surface area (Å²) in [5.41, 5.74) is 1.16. The van der Waals surface area contributed by atoms with E-state index in [0.29, 0.717) is 11.3 Å². The van der Waals surface area contributed by atoms with Crippen LogP contribution < -0.4 is 0 Å². The van der Waals surface area contributed by atoms with Crippen LogP contribution in [-0.2, 0) is 6.61 Å². The van der Waals surface area contributed by atoms with Gasteiger partial charge in [-0.1, -0.05) is 6.07 Å². The zero-order chi connectivity index (χ0) is 10.7. The summed E-state index contributed by atoms with van der Waals surface area (Å²) < 4.78 is 0. The van der Waals surface area contributed by atoms with Gasteiger partial charge in [-0.05, 0) is 23.4 Å². The highest BCUT2D eigenvalue weighted by Gasteiger charge is 2.03. The quantitative estimate of drug-likeness (QED) is 0.740. The molecule has 0 atom stereocenters. The molecule has 0 aliphatic heterocycles. The number of tetrazole rings is 1. The van der Waals surface area contributed by atoms with Gasteiger partial charge in [0.1, 0.15) is 6.61 Å². The average Bonchev–Trinajstić information content (AvgIpc) is 2.78. The van der Waals surface area contributed by atoms with Crippen LogP contribution in [0.25, 0.3) is 5.69 Å². The minimum Gasteiger partial charge on any atom is -0.388 e. The lowest BCUT2D eigenvalue weighted by Crippen LogP contribution is -1.99. The van der Waals surface area contributed by atoms with Crippen molar-refractivity contribution in [2.75, 3.05) is 0 Å². The number of aliphatic hydroxyl groups is 1. The molecule has 2 rings (SSSR count). The first-order valence-corrected chi connectivity index (χ1v) is 4.24. The van der Waals surface area contributed by atoms with E-state index in [9.17, 15) is 0 Å². The van der Waals surface area contributed by atoms with Gasteiger partial charge >= 0.3 is 0 Å². The van der Waals surface area contributed by atoms with E-state index in [0.717, 1.165) is 0 Å². The van der Waals surface area contributed by atoms with E-state index >= 15 is 0 Å². The van der Waals surface area contributed by atoms with E-state index in [2.05, 4.69) is 15.4 Å². The molecule has 6 nitrogen and oxygen atoms in total. The van der Waals surface area contributed by atoms with Crippen LogP contribution >= 0.6 is 0 Å². The van der Waals surface area contributed by atoms with Gasteiger partial charge in [0, 0.05) is 0 Å². The second-order valence-electron chi connectivity index (χ2n) is 2.82. The summed E-state index contributed by atoms with van der Waals surface area (Å²) >= 11 is 0. The average molecular weight is 201 g/mol. The van der Waals surface area contributed by atoms with Crippen molar-refractivity contribution in [2.45, 2.75) is 6.61 Å². The van der Waals surface area contributed by atoms with Crippen LogP contribution in [-0.4, -0.2) is 25.3 Å². The van der Waals surface area contributed by atoms with Crippen LogP contribution in [0.1, 0.15) is 11.4 Å². The molecule has 1 heterocycles. The van der Waals surface area contributed by atoms with Gasteiger partial charge in [-0.3, -0.25) is 0 Å². The van der Waals surface area contributed by atoms with Crippen molar-refractivity contribution in [3.05, 3.63) is 35.7 Å². The lowest BCUT2D eigenvalue weighted by atomic mass is 10.2. The Balaban J connectivity index is 2.41. The Morgan fingerprint density at radius 2 is 2.33 bits per heavy atom. The molecule has 1 N–H and O–H groups in total. The molecule has 1 aromatic heterocycles. The molecule has 0 amide bonds. The molecule has 74 valence electrons. The van der Waals surface area contributed by atoms with Gasteiger partial charge in [0.25, 0.3) is 0 Å². The van der Waals surface area contributed by atoms with E-state index < -0.39 is 0 Å². The monoisotopic (exact) mass is 201 g/mol. The van der Waals surface area contributed by atoms with Crippen LogP contribution in [0.4, 0.5) is 0 Å². The second-order valence-corrected chi connectivity index (χ2v) is 2.82. The van der Waals surface area contributed by atoms with E-state index in [1.807, 2.05) is 6.07 Å². The minimum atomic E-state index is -0.252. The van der Waals surface area contributed by atoms with Gasteiger partial charge in [-0.15, -0.1) is 15.0 Å². The summed E-state index contributed by atoms with van der Waals surface area (Å²) in [4.78, 5) is 1.27. The van der Waals surface area contributed by atoms with E-state index in [4.69, 9.17) is 10.4 Å². The Morgan fingerprint density at radius 1 is 1.47 bits per heavy atom. The van der Waals surface area contributed by atoms with Gasteiger partial charge in [0.15, 0.2) is 0 Å². The number of aliphatic hydroxyl groups excluding tert-OH is 1. The summed E-state index contributed by atoms with van der Waals surface area (Å²) in [5.74, 6) is 0.248. The molecule has 0 radical (unpaired) electrons. The van der Waals surface area contributed by atoms with E-state index in [1.165, 1.54) is 4.80 Å². The van der Waals surface area contributed by atoms with E-state index in [-0.39, 0.29) is 12.4 Å². The Bertz CT molecular complexity index is 513. The zero-order valence-corrected chi connectivity index (χ0v) is 7.70. The number of hydrogen-bond donors (Lipinski definition) is 1. The summed E-state index contributed by atoms with van der Waals surface area (Å²) in [7, 11) is 0. The highest BCUT2D eigenvalue weighted by molar-refractivity contribution is 5.39. The van der Waals surface area contributed by atoms with Crippen molar-refractivity contribution >= 4 is 0 Å². The van der Waals surface area contributed by atoms with Crippen LogP contribution in [0, 0.1) is 11.3 Å². The second kappa shape index (κ2) is 3.86. The standard InChI is InChI=1S/C9H7N5O/c10-5-7-2-1-3-8(4-7)14-12-9(6-15)11-13-14/h1-4,15H,6H2. The maximum absolute atomic E-state index is 8.77. The number of nitriles is 1. The Hall–Kier alpha value is -2.26. The molecule has 1 aromatic carbocycles. The smallest absolute Gasteiger partial charge is 0.200 e. The maximum Gasteiger partial charge on any atom is 0.200 e. The molecule has 15 heavy (non-hydrogen) atoms. The summed E-state index contributed by atoms with van der Waals surface area (Å²) in [6.45, 7) is -0.252. The molecule has 6 heteroatoms. The Morgan fingerprint density at radius 3 is 3.00 bits per heavy atom. The van der Waals surface area contributed by atoms with Crippen molar-refractivity contribution in [3.63, 3.8) is 0 Å². The Labute approximate surface area is 85.4 Å². The van der Waals surface area contributed by atoms with Gasteiger partial charge < -0.3 is 5.11 Å². The molecular weight excluding hydrogens is 194 g/mol. The van der Waals surface area contributed by atoms with E-state index in [1.54, 1.807) is 24.3 Å². The predicted octanol–water partition coefficient (Wildman–Crippen LogP) is 0.0263. The number of nitrogens with zero attached hydrogens (tertiary/aromatic N) is 5. The topological polar surface area (TPSA) is 87.6 Å². The molecule has 0 aliphatic carbocycles.